The number of nitrogens with zero attached hydrogens (tertiary/aromatic N) is 3. The first-order chi connectivity index (χ1) is 13.4. The second-order valence-electron chi connectivity index (χ2n) is 6.25. The molecule has 6 nitrogen and oxygen atoms in total. The molecule has 1 aromatic heterocycles. The van der Waals surface area contributed by atoms with Gasteiger partial charge in [0, 0.05) is 11.4 Å². The molecule has 1 amide bonds. The number of aryl methyl sites for hydroxylation is 2. The molecule has 142 valence electrons. The molecule has 28 heavy (non-hydrogen) atoms. The van der Waals surface area contributed by atoms with Crippen LogP contribution >= 0.6 is 23.1 Å². The van der Waals surface area contributed by atoms with Crippen LogP contribution in [-0.2, 0) is 4.79 Å². The molecule has 8 heteroatoms. The maximum Gasteiger partial charge on any atom is 0.237 e. The summed E-state index contributed by atoms with van der Waals surface area (Å²) >= 11 is 2.77. The Morgan fingerprint density at radius 1 is 1.18 bits per heavy atom. The van der Waals surface area contributed by atoms with Gasteiger partial charge in [0.25, 0.3) is 0 Å². The number of hydrogen-bond donors (Lipinski definition) is 2. The Hall–Kier alpha value is -2.89. The third kappa shape index (κ3) is 5.09. The fourth-order valence-electron chi connectivity index (χ4n) is 2.45. The number of anilines is 3. The van der Waals surface area contributed by atoms with Crippen molar-refractivity contribution in [1.82, 2.24) is 10.2 Å². The molecule has 2 aromatic carbocycles. The molecule has 1 atom stereocenters. The summed E-state index contributed by atoms with van der Waals surface area (Å²) < 4.78 is 0.717. The SMILES string of the molecule is Cc1ccc(Nc2nnc(S[C@@H](C)C(=O)Nc3ccc(C#N)cc3)s2)c(C)c1. The third-order valence-corrected chi connectivity index (χ3v) is 5.98. The normalized spacial score (nSPS) is 11.5. The molecule has 0 fully saturated rings. The Morgan fingerprint density at radius 3 is 2.61 bits per heavy atom. The van der Waals surface area contributed by atoms with E-state index >= 15 is 0 Å². The predicted octanol–water partition coefficient (Wildman–Crippen LogP) is 4.89. The van der Waals surface area contributed by atoms with Crippen molar-refractivity contribution >= 4 is 45.5 Å². The second kappa shape index (κ2) is 8.87. The quantitative estimate of drug-likeness (QED) is 0.563. The maximum absolute atomic E-state index is 12.4. The van der Waals surface area contributed by atoms with Gasteiger partial charge in [-0.15, -0.1) is 10.2 Å². The Labute approximate surface area is 172 Å². The van der Waals surface area contributed by atoms with E-state index in [2.05, 4.69) is 39.9 Å². The minimum absolute atomic E-state index is 0.131. The topological polar surface area (TPSA) is 90.7 Å². The Balaban J connectivity index is 1.58. The lowest BCUT2D eigenvalue weighted by atomic mass is 10.1. The van der Waals surface area contributed by atoms with Crippen LogP contribution in [-0.4, -0.2) is 21.4 Å². The maximum atomic E-state index is 12.4. The number of carbonyl (C=O) groups excluding carboxylic acids is 1. The first-order valence-electron chi connectivity index (χ1n) is 8.60. The van der Waals surface area contributed by atoms with Crippen molar-refractivity contribution in [3.63, 3.8) is 0 Å². The summed E-state index contributed by atoms with van der Waals surface area (Å²) in [4.78, 5) is 12.4. The number of nitrogens with one attached hydrogen (secondary N) is 2. The van der Waals surface area contributed by atoms with Crippen LogP contribution in [0.4, 0.5) is 16.5 Å². The minimum atomic E-state index is -0.336. The summed E-state index contributed by atoms with van der Waals surface area (Å²) in [6.45, 7) is 5.92. The largest absolute Gasteiger partial charge is 0.330 e. The fourth-order valence-corrected chi connectivity index (χ4v) is 4.36. The molecule has 0 aliphatic rings. The van der Waals surface area contributed by atoms with Crippen molar-refractivity contribution in [3.05, 3.63) is 59.2 Å². The van der Waals surface area contributed by atoms with Gasteiger partial charge in [-0.05, 0) is 56.7 Å². The number of carbonyl (C=O) groups is 1. The van der Waals surface area contributed by atoms with Crippen LogP contribution < -0.4 is 10.6 Å². The van der Waals surface area contributed by atoms with Crippen LogP contribution in [0.5, 0.6) is 0 Å². The number of aromatic nitrogens is 2. The zero-order valence-electron chi connectivity index (χ0n) is 15.7. The highest BCUT2D eigenvalue weighted by molar-refractivity contribution is 8.02. The van der Waals surface area contributed by atoms with E-state index in [0.717, 1.165) is 15.6 Å². The third-order valence-electron chi connectivity index (χ3n) is 3.96. The van der Waals surface area contributed by atoms with Gasteiger partial charge in [0.2, 0.25) is 11.0 Å². The van der Waals surface area contributed by atoms with Crippen LogP contribution in [0.25, 0.3) is 0 Å². The van der Waals surface area contributed by atoms with Crippen molar-refractivity contribution in [3.8, 4) is 6.07 Å². The van der Waals surface area contributed by atoms with E-state index in [1.807, 2.05) is 26.0 Å². The van der Waals surface area contributed by atoms with E-state index in [0.29, 0.717) is 16.4 Å². The number of benzene rings is 2. The summed E-state index contributed by atoms with van der Waals surface area (Å²) in [5, 5.41) is 23.6. The van der Waals surface area contributed by atoms with E-state index in [1.165, 1.54) is 28.7 Å². The number of rotatable bonds is 6. The molecule has 2 N–H and O–H groups in total. The van der Waals surface area contributed by atoms with E-state index < -0.39 is 0 Å². The smallest absolute Gasteiger partial charge is 0.237 e. The lowest BCUT2D eigenvalue weighted by Gasteiger charge is -2.10. The van der Waals surface area contributed by atoms with Gasteiger partial charge in [0.05, 0.1) is 16.9 Å². The molecule has 1 heterocycles. The van der Waals surface area contributed by atoms with Crippen molar-refractivity contribution in [2.45, 2.75) is 30.4 Å². The second-order valence-corrected chi connectivity index (χ2v) is 8.82. The van der Waals surface area contributed by atoms with Gasteiger partial charge < -0.3 is 10.6 Å². The molecular weight excluding hydrogens is 390 g/mol. The summed E-state index contributed by atoms with van der Waals surface area (Å²) in [5.74, 6) is -0.131. The molecule has 0 saturated carbocycles. The van der Waals surface area contributed by atoms with Crippen molar-refractivity contribution in [2.24, 2.45) is 0 Å². The number of nitriles is 1. The van der Waals surface area contributed by atoms with E-state index in [9.17, 15) is 4.79 Å². The van der Waals surface area contributed by atoms with Gasteiger partial charge >= 0.3 is 0 Å². The van der Waals surface area contributed by atoms with Gasteiger partial charge in [-0.2, -0.15) is 5.26 Å². The van der Waals surface area contributed by atoms with Gasteiger partial charge in [-0.25, -0.2) is 0 Å². The summed E-state index contributed by atoms with van der Waals surface area (Å²) in [7, 11) is 0. The molecule has 0 aliphatic carbocycles. The standard InChI is InChI=1S/C20H19N5OS2/c1-12-4-9-17(13(2)10-12)23-19-24-25-20(28-19)27-14(3)18(26)22-16-7-5-15(11-21)6-8-16/h4-10,14H,1-3H3,(H,22,26)(H,23,24)/t14-/m0/s1. The summed E-state index contributed by atoms with van der Waals surface area (Å²) in [5.41, 5.74) is 4.55. The van der Waals surface area contributed by atoms with Crippen LogP contribution in [0.3, 0.4) is 0 Å². The van der Waals surface area contributed by atoms with E-state index in [-0.39, 0.29) is 11.2 Å². The molecule has 0 aliphatic heterocycles. The zero-order valence-corrected chi connectivity index (χ0v) is 17.3. The molecule has 0 unspecified atom stereocenters. The van der Waals surface area contributed by atoms with Crippen LogP contribution in [0.1, 0.15) is 23.6 Å². The Bertz CT molecular complexity index is 1020. The van der Waals surface area contributed by atoms with Gasteiger partial charge in [0.1, 0.15) is 0 Å². The molecule has 0 radical (unpaired) electrons. The first-order valence-corrected chi connectivity index (χ1v) is 10.3. The number of thioether (sulfide) groups is 1. The lowest BCUT2D eigenvalue weighted by molar-refractivity contribution is -0.115. The average Bonchev–Trinajstić information content (AvgIpc) is 3.11. The molecule has 0 bridgehead atoms. The Kier molecular flexibility index (Phi) is 6.29. The highest BCUT2D eigenvalue weighted by atomic mass is 32.2. The van der Waals surface area contributed by atoms with Gasteiger partial charge in [0.15, 0.2) is 4.34 Å². The molecule has 3 aromatic rings. The van der Waals surface area contributed by atoms with Crippen molar-refractivity contribution < 1.29 is 4.79 Å². The van der Waals surface area contributed by atoms with Crippen molar-refractivity contribution in [2.75, 3.05) is 10.6 Å². The zero-order chi connectivity index (χ0) is 20.1. The highest BCUT2D eigenvalue weighted by Crippen LogP contribution is 2.31. The van der Waals surface area contributed by atoms with Gasteiger partial charge in [-0.1, -0.05) is 40.8 Å². The molecular formula is C20H19N5OS2. The van der Waals surface area contributed by atoms with Crippen LogP contribution in [0, 0.1) is 25.2 Å². The Morgan fingerprint density at radius 2 is 1.93 bits per heavy atom. The lowest BCUT2D eigenvalue weighted by Crippen LogP contribution is -2.22. The first kappa shape index (κ1) is 19.9. The van der Waals surface area contributed by atoms with Crippen LogP contribution in [0.15, 0.2) is 46.8 Å². The summed E-state index contributed by atoms with van der Waals surface area (Å²) in [6, 6.07) is 15.0. The average molecular weight is 410 g/mol. The highest BCUT2D eigenvalue weighted by Gasteiger charge is 2.17. The molecule has 3 rings (SSSR count). The van der Waals surface area contributed by atoms with Gasteiger partial charge in [-0.3, -0.25) is 4.79 Å². The molecule has 0 spiro atoms. The predicted molar refractivity (Wildman–Crippen MR) is 114 cm³/mol. The number of hydrogen-bond acceptors (Lipinski definition) is 7. The van der Waals surface area contributed by atoms with Crippen molar-refractivity contribution in [1.29, 1.82) is 5.26 Å². The monoisotopic (exact) mass is 409 g/mol. The molecule has 0 saturated heterocycles. The van der Waals surface area contributed by atoms with E-state index in [4.69, 9.17) is 5.26 Å². The summed E-state index contributed by atoms with van der Waals surface area (Å²) in [6.07, 6.45) is 0. The van der Waals surface area contributed by atoms with E-state index in [1.54, 1.807) is 24.3 Å². The fraction of sp³-hybridized carbons (Fsp3) is 0.200. The minimum Gasteiger partial charge on any atom is -0.330 e. The number of amides is 1. The van der Waals surface area contributed by atoms with Crippen LogP contribution in [0.2, 0.25) is 0 Å².